The van der Waals surface area contributed by atoms with Gasteiger partial charge < -0.3 is 15.4 Å². The molecule has 1 aromatic heterocycles. The number of pyridine rings is 1. The molecule has 2 atom stereocenters. The minimum absolute atomic E-state index is 0.126. The van der Waals surface area contributed by atoms with Crippen molar-refractivity contribution in [2.45, 2.75) is 57.5 Å². The monoisotopic (exact) mass is 687 g/mol. The highest BCUT2D eigenvalue weighted by Crippen LogP contribution is 2.44. The van der Waals surface area contributed by atoms with Crippen molar-refractivity contribution in [3.8, 4) is 0 Å². The molecule has 1 aromatic carbocycles. The third kappa shape index (κ3) is 10.5. The molecule has 1 aliphatic carbocycles. The minimum Gasteiger partial charge on any atom is -0.449 e. The van der Waals surface area contributed by atoms with Crippen molar-refractivity contribution in [3.63, 3.8) is 0 Å². The molecule has 0 saturated heterocycles. The molecule has 0 radical (unpaired) electrons. The Labute approximate surface area is 250 Å². The number of carbonyl (C=O) groups excluding carboxylic acids is 3. The Kier molecular flexibility index (Phi) is 12.9. The zero-order chi connectivity index (χ0) is 29.0. The fourth-order valence-corrected chi connectivity index (χ4v) is 5.32. The van der Waals surface area contributed by atoms with Gasteiger partial charge in [-0.25, -0.2) is 18.1 Å². The van der Waals surface area contributed by atoms with E-state index in [-0.39, 0.29) is 30.8 Å². The van der Waals surface area contributed by atoms with E-state index >= 15 is 0 Å². The number of rotatable bonds is 16. The van der Waals surface area contributed by atoms with Crippen LogP contribution in [0.4, 0.5) is 9.18 Å². The van der Waals surface area contributed by atoms with E-state index in [1.54, 1.807) is 43.7 Å². The van der Waals surface area contributed by atoms with E-state index in [9.17, 15) is 23.0 Å². The number of hydrogen-bond donors (Lipinski definition) is 3. The lowest BCUT2D eigenvalue weighted by atomic mass is 9.66. The molecule has 0 spiro atoms. The summed E-state index contributed by atoms with van der Waals surface area (Å²) in [7, 11) is 1.67. The zero-order valence-corrected chi connectivity index (χ0v) is 25.3. The number of halogens is 2. The molecule has 3 N–H and O–H groups in total. The van der Waals surface area contributed by atoms with Crippen molar-refractivity contribution in [2.75, 3.05) is 20.2 Å². The second-order valence-electron chi connectivity index (χ2n) is 9.90. The van der Waals surface area contributed by atoms with Gasteiger partial charge in [-0.15, -0.1) is 0 Å². The number of unbranched alkanes of at least 4 members (excludes halogenated alkanes) is 1. The number of aromatic nitrogens is 1. The molecule has 1 fully saturated rings. The van der Waals surface area contributed by atoms with Gasteiger partial charge in [-0.2, -0.15) is 2.52 Å². The molecule has 10 nitrogen and oxygen atoms in total. The zero-order valence-electron chi connectivity index (χ0n) is 22.4. The summed E-state index contributed by atoms with van der Waals surface area (Å²) < 4.78 is 35.0. The maximum Gasteiger partial charge on any atom is 0.407 e. The Morgan fingerprint density at radius 1 is 1.18 bits per heavy atom. The van der Waals surface area contributed by atoms with Crippen molar-refractivity contribution in [2.24, 2.45) is 5.41 Å². The Bertz CT molecular complexity index is 1150. The van der Waals surface area contributed by atoms with Crippen molar-refractivity contribution >= 4 is 51.8 Å². The second-order valence-corrected chi connectivity index (χ2v) is 13.3. The summed E-state index contributed by atoms with van der Waals surface area (Å²) in [5.41, 5.74) is 1.47. The maximum absolute atomic E-state index is 13.3. The highest BCUT2D eigenvalue weighted by Gasteiger charge is 2.39. The number of ether oxygens (including phenoxy) is 1. The van der Waals surface area contributed by atoms with Crippen LogP contribution < -0.4 is 15.4 Å². The second kappa shape index (κ2) is 16.1. The number of carbonyl (C=O) groups is 3. The molecular formula is C27H35FIN5O5S. The van der Waals surface area contributed by atoms with E-state index < -0.39 is 35.0 Å². The van der Waals surface area contributed by atoms with Crippen LogP contribution in [0.15, 0.2) is 48.8 Å². The van der Waals surface area contributed by atoms with Gasteiger partial charge in [-0.3, -0.25) is 14.6 Å². The Morgan fingerprint density at radius 3 is 2.55 bits per heavy atom. The van der Waals surface area contributed by atoms with Crippen LogP contribution in [0.3, 0.4) is 0 Å². The van der Waals surface area contributed by atoms with E-state index in [4.69, 9.17) is 4.74 Å². The Balaban J connectivity index is 1.55. The molecule has 1 heterocycles. The molecule has 2 aromatic rings. The van der Waals surface area contributed by atoms with Crippen LogP contribution in [0.25, 0.3) is 0 Å². The summed E-state index contributed by atoms with van der Waals surface area (Å²) in [6.45, 7) is 0.718. The maximum atomic E-state index is 13.3. The normalized spacial score (nSPS) is 15.5. The molecule has 218 valence electrons. The summed E-state index contributed by atoms with van der Waals surface area (Å²) in [6.07, 6.45) is 7.12. The molecule has 0 bridgehead atoms. The van der Waals surface area contributed by atoms with Gasteiger partial charge in [-0.1, -0.05) is 24.6 Å². The number of Topliss-reactive ketones (excluding diaryl/α,β-unsaturated/α-hetero) is 1. The van der Waals surface area contributed by atoms with E-state index in [1.807, 2.05) is 22.9 Å². The molecule has 0 aliphatic heterocycles. The van der Waals surface area contributed by atoms with Crippen LogP contribution in [0.2, 0.25) is 0 Å². The highest BCUT2D eigenvalue weighted by molar-refractivity contribution is 14.1. The Morgan fingerprint density at radius 2 is 1.93 bits per heavy atom. The van der Waals surface area contributed by atoms with Gasteiger partial charge in [0, 0.05) is 60.8 Å². The van der Waals surface area contributed by atoms with Crippen LogP contribution in [0.5, 0.6) is 0 Å². The van der Waals surface area contributed by atoms with Crippen molar-refractivity contribution in [1.82, 2.24) is 22.9 Å². The first-order chi connectivity index (χ1) is 19.2. The Hall–Kier alpha value is -2.49. The summed E-state index contributed by atoms with van der Waals surface area (Å²) in [6, 6.07) is 8.72. The molecule has 40 heavy (non-hydrogen) atoms. The molecule has 1 aliphatic rings. The third-order valence-corrected chi connectivity index (χ3v) is 8.78. The van der Waals surface area contributed by atoms with Gasteiger partial charge in [0.25, 0.3) is 5.91 Å². The smallest absolute Gasteiger partial charge is 0.407 e. The molecule has 3 rings (SSSR count). The van der Waals surface area contributed by atoms with Crippen molar-refractivity contribution < 1.29 is 27.7 Å². The summed E-state index contributed by atoms with van der Waals surface area (Å²) in [5, 5.41) is 5.16. The van der Waals surface area contributed by atoms with Crippen molar-refractivity contribution in [3.05, 3.63) is 65.7 Å². The van der Waals surface area contributed by atoms with Gasteiger partial charge in [-0.05, 0) is 67.9 Å². The predicted octanol–water partition coefficient (Wildman–Crippen LogP) is 3.53. The molecular weight excluding hydrogens is 652 g/mol. The van der Waals surface area contributed by atoms with Crippen LogP contribution in [-0.4, -0.2) is 55.7 Å². The van der Waals surface area contributed by atoms with E-state index in [1.165, 1.54) is 14.7 Å². The van der Waals surface area contributed by atoms with Crippen molar-refractivity contribution in [1.29, 1.82) is 0 Å². The third-order valence-electron chi connectivity index (χ3n) is 6.80. The largest absolute Gasteiger partial charge is 0.449 e. The van der Waals surface area contributed by atoms with E-state index in [2.05, 4.69) is 20.3 Å². The number of amides is 2. The summed E-state index contributed by atoms with van der Waals surface area (Å²) in [4.78, 5) is 42.4. The lowest BCUT2D eigenvalue weighted by Gasteiger charge is -2.41. The van der Waals surface area contributed by atoms with Gasteiger partial charge >= 0.3 is 6.09 Å². The minimum atomic E-state index is -1.33. The number of hydrogen-bond acceptors (Lipinski definition) is 6. The van der Waals surface area contributed by atoms with Gasteiger partial charge in [0.1, 0.15) is 11.9 Å². The first-order valence-electron chi connectivity index (χ1n) is 13.1. The van der Waals surface area contributed by atoms with Gasteiger partial charge in [0.05, 0.1) is 6.61 Å². The molecule has 13 heteroatoms. The first-order valence-corrected chi connectivity index (χ1v) is 15.2. The molecule has 1 saturated carbocycles. The average Bonchev–Trinajstić information content (AvgIpc) is 2.93. The summed E-state index contributed by atoms with van der Waals surface area (Å²) >= 11 is 0.580. The number of nitrogens with one attached hydrogen (secondary N) is 3. The van der Waals surface area contributed by atoms with Gasteiger partial charge in [0.2, 0.25) is 5.78 Å². The van der Waals surface area contributed by atoms with E-state index in [0.29, 0.717) is 25.8 Å². The fourth-order valence-electron chi connectivity index (χ4n) is 4.41. The first kappa shape index (κ1) is 32.0. The fraction of sp³-hybridized carbons (Fsp3) is 0.481. The topological polar surface area (TPSA) is 130 Å². The van der Waals surface area contributed by atoms with E-state index in [0.717, 1.165) is 30.4 Å². The highest BCUT2D eigenvalue weighted by atomic mass is 127. The number of nitrogens with zero attached hydrogens (tertiary/aromatic N) is 2. The average molecular weight is 688 g/mol. The van der Waals surface area contributed by atoms with Crippen LogP contribution in [0, 0.1) is 11.2 Å². The molecule has 2 amide bonds. The lowest BCUT2D eigenvalue weighted by molar-refractivity contribution is -0.139. The SMILES string of the molecule is CN(I)S(=O)NCCCC[C@H](NC(=O)OCC1(Cc2ccc(F)cc2)CCC1)C(=O)C(=O)NCc1cccnc1. The predicted molar refractivity (Wildman–Crippen MR) is 158 cm³/mol. The summed E-state index contributed by atoms with van der Waals surface area (Å²) in [5.74, 6) is -1.88. The lowest BCUT2D eigenvalue weighted by Crippen LogP contribution is -2.48. The molecule has 1 unspecified atom stereocenters. The van der Waals surface area contributed by atoms with Crippen LogP contribution in [0.1, 0.15) is 49.7 Å². The van der Waals surface area contributed by atoms with Crippen LogP contribution in [-0.2, 0) is 38.5 Å². The van der Waals surface area contributed by atoms with Gasteiger partial charge in [0.15, 0.2) is 11.2 Å². The standard InChI is InChI=1S/C27H35FIN5O5S/c1-34(29)40(38)32-15-3-2-7-23(24(35)25(36)31-18-21-6-4-14-30-17-21)33-26(37)39-19-27(12-5-13-27)16-20-8-10-22(28)11-9-20/h4,6,8-11,14,17,23,32H,2-3,5,7,12-13,15-16,18-19H2,1H3,(H,31,36)(H,33,37)/t23-,40?/m0/s1. The van der Waals surface area contributed by atoms with Crippen LogP contribution >= 0.6 is 22.9 Å². The number of ketones is 1. The number of benzene rings is 1. The number of alkyl carbamates (subject to hydrolysis) is 1. The quantitative estimate of drug-likeness (QED) is 0.107.